The minimum Gasteiger partial charge on any atom is -0.490 e. The Morgan fingerprint density at radius 2 is 1.63 bits per heavy atom. The van der Waals surface area contributed by atoms with E-state index in [9.17, 15) is 4.79 Å². The number of ether oxygens (including phenoxy) is 2. The van der Waals surface area contributed by atoms with Crippen LogP contribution in [0.15, 0.2) is 42.5 Å². The molecule has 0 fully saturated rings. The number of hydrogen-bond acceptors (Lipinski definition) is 4. The molecule has 27 heavy (non-hydrogen) atoms. The smallest absolute Gasteiger partial charge is 0.251 e. The van der Waals surface area contributed by atoms with Crippen molar-refractivity contribution in [3.05, 3.63) is 59.2 Å². The Morgan fingerprint density at radius 1 is 1.00 bits per heavy atom. The van der Waals surface area contributed by atoms with E-state index in [1.165, 1.54) is 0 Å². The van der Waals surface area contributed by atoms with Crippen LogP contribution >= 0.6 is 0 Å². The third kappa shape index (κ3) is 5.47. The summed E-state index contributed by atoms with van der Waals surface area (Å²) in [6, 6.07) is 13.1. The van der Waals surface area contributed by atoms with Crippen LogP contribution in [0.1, 0.15) is 55.2 Å². The maximum atomic E-state index is 12.7. The van der Waals surface area contributed by atoms with Crippen molar-refractivity contribution >= 4 is 5.91 Å². The Hall–Kier alpha value is -2.53. The molecule has 146 valence electrons. The van der Waals surface area contributed by atoms with Crippen LogP contribution in [0.4, 0.5) is 0 Å². The summed E-state index contributed by atoms with van der Waals surface area (Å²) in [5.41, 5.74) is 8.23. The lowest BCUT2D eigenvalue weighted by Crippen LogP contribution is -2.31. The molecule has 0 aliphatic carbocycles. The second-order valence-electron chi connectivity index (χ2n) is 6.67. The number of hydrogen-bond donors (Lipinski definition) is 2. The molecule has 0 radical (unpaired) electrons. The fraction of sp³-hybridized carbons (Fsp3) is 0.409. The Morgan fingerprint density at radius 3 is 2.19 bits per heavy atom. The lowest BCUT2D eigenvalue weighted by atomic mass is 9.95. The Kier molecular flexibility index (Phi) is 7.67. The number of carbonyl (C=O) groups is 1. The third-order valence-electron chi connectivity index (χ3n) is 4.33. The maximum Gasteiger partial charge on any atom is 0.251 e. The molecule has 0 saturated heterocycles. The van der Waals surface area contributed by atoms with Crippen LogP contribution in [0.5, 0.6) is 11.5 Å². The van der Waals surface area contributed by atoms with Gasteiger partial charge in [-0.05, 0) is 55.2 Å². The normalized spacial score (nSPS) is 11.9. The molecule has 3 N–H and O–H groups in total. The first kappa shape index (κ1) is 20.8. The first-order valence-electron chi connectivity index (χ1n) is 9.49. The van der Waals surface area contributed by atoms with E-state index in [0.717, 1.165) is 11.1 Å². The average molecular weight is 370 g/mol. The lowest BCUT2D eigenvalue weighted by molar-refractivity contribution is 0.0925. The Bertz CT molecular complexity index is 742. The summed E-state index contributed by atoms with van der Waals surface area (Å²) in [5, 5.41) is 3.14. The molecular weight excluding hydrogens is 340 g/mol. The summed E-state index contributed by atoms with van der Waals surface area (Å²) in [6.45, 7) is 9.63. The summed E-state index contributed by atoms with van der Waals surface area (Å²) >= 11 is 0. The van der Waals surface area contributed by atoms with Crippen molar-refractivity contribution in [1.29, 1.82) is 0 Å². The average Bonchev–Trinajstić information content (AvgIpc) is 2.67. The molecule has 5 heteroatoms. The predicted octanol–water partition coefficient (Wildman–Crippen LogP) is 4.07. The van der Waals surface area contributed by atoms with E-state index in [2.05, 4.69) is 19.2 Å². The molecule has 0 aliphatic heterocycles. The molecule has 0 aromatic heterocycles. The van der Waals surface area contributed by atoms with Crippen LogP contribution in [-0.2, 0) is 6.54 Å². The van der Waals surface area contributed by atoms with Gasteiger partial charge in [0.1, 0.15) is 0 Å². The van der Waals surface area contributed by atoms with E-state index < -0.39 is 0 Å². The van der Waals surface area contributed by atoms with Gasteiger partial charge in [0.25, 0.3) is 5.91 Å². The molecule has 1 atom stereocenters. The number of benzene rings is 2. The highest BCUT2D eigenvalue weighted by molar-refractivity contribution is 5.94. The maximum absolute atomic E-state index is 12.7. The van der Waals surface area contributed by atoms with Gasteiger partial charge in [-0.2, -0.15) is 0 Å². The SMILES string of the molecule is CCOc1ccc(C(NC(=O)c2ccc(CN)cc2)C(C)C)cc1OCC. The highest BCUT2D eigenvalue weighted by atomic mass is 16.5. The highest BCUT2D eigenvalue weighted by Crippen LogP contribution is 2.33. The van der Waals surface area contributed by atoms with Crippen molar-refractivity contribution < 1.29 is 14.3 Å². The van der Waals surface area contributed by atoms with Crippen molar-refractivity contribution in [3.8, 4) is 11.5 Å². The fourth-order valence-electron chi connectivity index (χ4n) is 2.91. The quantitative estimate of drug-likeness (QED) is 0.698. The van der Waals surface area contributed by atoms with Crippen molar-refractivity contribution in [2.24, 2.45) is 11.7 Å². The van der Waals surface area contributed by atoms with E-state index in [1.807, 2.05) is 44.2 Å². The van der Waals surface area contributed by atoms with Crippen LogP contribution < -0.4 is 20.5 Å². The number of nitrogens with two attached hydrogens (primary N) is 1. The minimum atomic E-state index is -0.137. The zero-order chi connectivity index (χ0) is 19.8. The zero-order valence-electron chi connectivity index (χ0n) is 16.6. The van der Waals surface area contributed by atoms with Gasteiger partial charge in [0.15, 0.2) is 11.5 Å². The van der Waals surface area contributed by atoms with E-state index in [-0.39, 0.29) is 17.9 Å². The van der Waals surface area contributed by atoms with Crippen molar-refractivity contribution in [2.75, 3.05) is 13.2 Å². The van der Waals surface area contributed by atoms with Gasteiger partial charge < -0.3 is 20.5 Å². The molecule has 2 aromatic rings. The standard InChI is InChI=1S/C22H30N2O3/c1-5-26-19-12-11-18(13-20(19)27-6-2)21(15(3)4)24-22(25)17-9-7-16(14-23)8-10-17/h7-13,15,21H,5-6,14,23H2,1-4H3,(H,24,25). The molecule has 0 saturated carbocycles. The monoisotopic (exact) mass is 370 g/mol. The molecule has 0 spiro atoms. The topological polar surface area (TPSA) is 73.6 Å². The molecule has 2 aromatic carbocycles. The lowest BCUT2D eigenvalue weighted by Gasteiger charge is -2.24. The molecule has 1 unspecified atom stereocenters. The van der Waals surface area contributed by atoms with Crippen LogP contribution in [-0.4, -0.2) is 19.1 Å². The Labute approximate surface area is 161 Å². The van der Waals surface area contributed by atoms with Crippen LogP contribution in [0, 0.1) is 5.92 Å². The zero-order valence-corrected chi connectivity index (χ0v) is 16.6. The van der Waals surface area contributed by atoms with Gasteiger partial charge in [0.05, 0.1) is 19.3 Å². The van der Waals surface area contributed by atoms with Gasteiger partial charge in [0, 0.05) is 12.1 Å². The summed E-state index contributed by atoms with van der Waals surface area (Å²) < 4.78 is 11.4. The van der Waals surface area contributed by atoms with E-state index >= 15 is 0 Å². The van der Waals surface area contributed by atoms with E-state index in [1.54, 1.807) is 12.1 Å². The van der Waals surface area contributed by atoms with Gasteiger partial charge in [-0.15, -0.1) is 0 Å². The van der Waals surface area contributed by atoms with Crippen molar-refractivity contribution in [2.45, 2.75) is 40.3 Å². The van der Waals surface area contributed by atoms with Gasteiger partial charge in [0.2, 0.25) is 0 Å². The van der Waals surface area contributed by atoms with Crippen molar-refractivity contribution in [3.63, 3.8) is 0 Å². The summed E-state index contributed by atoms with van der Waals surface area (Å²) in [4.78, 5) is 12.7. The van der Waals surface area contributed by atoms with Gasteiger partial charge in [-0.3, -0.25) is 4.79 Å². The second kappa shape index (κ2) is 9.97. The van der Waals surface area contributed by atoms with Crippen LogP contribution in [0.3, 0.4) is 0 Å². The molecule has 0 aliphatic rings. The summed E-state index contributed by atoms with van der Waals surface area (Å²) in [5.74, 6) is 1.52. The fourth-order valence-corrected chi connectivity index (χ4v) is 2.91. The van der Waals surface area contributed by atoms with E-state index in [0.29, 0.717) is 36.8 Å². The predicted molar refractivity (Wildman–Crippen MR) is 108 cm³/mol. The Balaban J connectivity index is 2.25. The number of nitrogens with one attached hydrogen (secondary N) is 1. The molecule has 0 bridgehead atoms. The van der Waals surface area contributed by atoms with E-state index in [4.69, 9.17) is 15.2 Å². The van der Waals surface area contributed by atoms with Gasteiger partial charge in [-0.25, -0.2) is 0 Å². The van der Waals surface area contributed by atoms with Crippen LogP contribution in [0.25, 0.3) is 0 Å². The number of carbonyl (C=O) groups excluding carboxylic acids is 1. The second-order valence-corrected chi connectivity index (χ2v) is 6.67. The largest absolute Gasteiger partial charge is 0.490 e. The summed E-state index contributed by atoms with van der Waals surface area (Å²) in [6.07, 6.45) is 0. The molecule has 0 heterocycles. The molecule has 1 amide bonds. The summed E-state index contributed by atoms with van der Waals surface area (Å²) in [7, 11) is 0. The third-order valence-corrected chi connectivity index (χ3v) is 4.33. The first-order valence-corrected chi connectivity index (χ1v) is 9.49. The number of rotatable bonds is 9. The molecule has 5 nitrogen and oxygen atoms in total. The first-order chi connectivity index (χ1) is 13.0. The number of amides is 1. The van der Waals surface area contributed by atoms with Crippen molar-refractivity contribution in [1.82, 2.24) is 5.32 Å². The minimum absolute atomic E-state index is 0.107. The molecular formula is C22H30N2O3. The molecule has 2 rings (SSSR count). The van der Waals surface area contributed by atoms with Crippen LogP contribution in [0.2, 0.25) is 0 Å². The van der Waals surface area contributed by atoms with Gasteiger partial charge >= 0.3 is 0 Å². The highest BCUT2D eigenvalue weighted by Gasteiger charge is 2.21. The van der Waals surface area contributed by atoms with Gasteiger partial charge in [-0.1, -0.05) is 32.0 Å².